The maximum absolute atomic E-state index is 6.30. The number of pyridine rings is 1. The van der Waals surface area contributed by atoms with Gasteiger partial charge in [-0.2, -0.15) is 0 Å². The summed E-state index contributed by atoms with van der Waals surface area (Å²) < 4.78 is 0. The Balaban J connectivity index is 1.57. The molecule has 0 radical (unpaired) electrons. The summed E-state index contributed by atoms with van der Waals surface area (Å²) in [6, 6.07) is 21.7. The summed E-state index contributed by atoms with van der Waals surface area (Å²) in [7, 11) is 0. The van der Waals surface area contributed by atoms with Gasteiger partial charge in [0.25, 0.3) is 0 Å². The Labute approximate surface area is 181 Å². The maximum Gasteiger partial charge on any atom is 0.223 e. The molecule has 0 saturated carbocycles. The predicted molar refractivity (Wildman–Crippen MR) is 122 cm³/mol. The fraction of sp³-hybridized carbons (Fsp3) is 0.125. The molecule has 150 valence electrons. The van der Waals surface area contributed by atoms with Gasteiger partial charge in [0, 0.05) is 47.3 Å². The van der Waals surface area contributed by atoms with Crippen molar-refractivity contribution in [3.8, 4) is 22.4 Å². The highest BCUT2D eigenvalue weighted by Gasteiger charge is 2.13. The van der Waals surface area contributed by atoms with E-state index in [1.54, 1.807) is 12.4 Å². The molecule has 4 aromatic rings. The molecule has 0 unspecified atom stereocenters. The van der Waals surface area contributed by atoms with E-state index >= 15 is 0 Å². The summed E-state index contributed by atoms with van der Waals surface area (Å²) in [4.78, 5) is 13.4. The van der Waals surface area contributed by atoms with Crippen molar-refractivity contribution < 1.29 is 0 Å². The van der Waals surface area contributed by atoms with Gasteiger partial charge in [-0.15, -0.1) is 0 Å². The third-order valence-corrected chi connectivity index (χ3v) is 5.01. The van der Waals surface area contributed by atoms with Gasteiger partial charge in [-0.1, -0.05) is 54.1 Å². The summed E-state index contributed by atoms with van der Waals surface area (Å²) in [6.45, 7) is 0.574. The largest absolute Gasteiger partial charge is 0.353 e. The van der Waals surface area contributed by atoms with E-state index in [0.29, 0.717) is 17.5 Å². The quantitative estimate of drug-likeness (QED) is 0.451. The molecule has 30 heavy (non-hydrogen) atoms. The number of rotatable bonds is 7. The van der Waals surface area contributed by atoms with E-state index in [-0.39, 0.29) is 6.04 Å². The monoisotopic (exact) mass is 415 g/mol. The van der Waals surface area contributed by atoms with Crippen molar-refractivity contribution in [2.75, 3.05) is 11.9 Å². The van der Waals surface area contributed by atoms with E-state index in [2.05, 4.69) is 27.4 Å². The number of aromatic nitrogens is 3. The molecule has 2 aromatic heterocycles. The summed E-state index contributed by atoms with van der Waals surface area (Å²) >= 11 is 6.05. The normalized spacial score (nSPS) is 11.8. The first-order valence-electron chi connectivity index (χ1n) is 9.76. The fourth-order valence-electron chi connectivity index (χ4n) is 3.25. The van der Waals surface area contributed by atoms with Gasteiger partial charge in [0.2, 0.25) is 5.95 Å². The summed E-state index contributed by atoms with van der Waals surface area (Å²) in [5.74, 6) is 0.544. The fourth-order valence-corrected chi connectivity index (χ4v) is 3.37. The van der Waals surface area contributed by atoms with Crippen molar-refractivity contribution in [3.05, 3.63) is 95.9 Å². The highest BCUT2D eigenvalue weighted by molar-refractivity contribution is 6.30. The van der Waals surface area contributed by atoms with Crippen molar-refractivity contribution >= 4 is 17.5 Å². The molecule has 0 fully saturated rings. The van der Waals surface area contributed by atoms with E-state index < -0.39 is 0 Å². The van der Waals surface area contributed by atoms with Crippen LogP contribution in [0.2, 0.25) is 5.02 Å². The summed E-state index contributed by atoms with van der Waals surface area (Å²) in [5, 5.41) is 3.97. The van der Waals surface area contributed by atoms with Crippen LogP contribution in [0.1, 0.15) is 5.56 Å². The molecule has 4 rings (SSSR count). The molecular weight excluding hydrogens is 394 g/mol. The highest BCUT2D eigenvalue weighted by atomic mass is 35.5. The lowest BCUT2D eigenvalue weighted by Crippen LogP contribution is -2.31. The lowest BCUT2D eigenvalue weighted by atomic mass is 10.0. The van der Waals surface area contributed by atoms with Crippen LogP contribution in [0.5, 0.6) is 0 Å². The maximum atomic E-state index is 6.30. The average molecular weight is 416 g/mol. The van der Waals surface area contributed by atoms with Crippen LogP contribution in [0.15, 0.2) is 85.3 Å². The summed E-state index contributed by atoms with van der Waals surface area (Å²) in [6.07, 6.45) is 6.13. The van der Waals surface area contributed by atoms with Gasteiger partial charge in [-0.25, -0.2) is 9.97 Å². The Kier molecular flexibility index (Phi) is 6.32. The lowest BCUT2D eigenvalue weighted by Gasteiger charge is -2.15. The van der Waals surface area contributed by atoms with E-state index in [9.17, 15) is 0 Å². The summed E-state index contributed by atoms with van der Waals surface area (Å²) in [5.41, 5.74) is 11.2. The van der Waals surface area contributed by atoms with Gasteiger partial charge in [-0.3, -0.25) is 4.98 Å². The molecule has 2 aromatic carbocycles. The minimum absolute atomic E-state index is 0.0451. The molecule has 0 aliphatic carbocycles. The van der Waals surface area contributed by atoms with Crippen molar-refractivity contribution in [3.63, 3.8) is 0 Å². The number of anilines is 1. The third kappa shape index (κ3) is 5.00. The van der Waals surface area contributed by atoms with Gasteiger partial charge in [0.05, 0.1) is 5.69 Å². The number of hydrogen-bond donors (Lipinski definition) is 2. The SMILES string of the molecule is N[C@H](CNc1ncc(-c2ccc(Cl)cc2)c(-c2ccncc2)n1)Cc1ccccc1. The molecule has 0 amide bonds. The Morgan fingerprint density at radius 3 is 2.37 bits per heavy atom. The number of hydrogen-bond acceptors (Lipinski definition) is 5. The van der Waals surface area contributed by atoms with Gasteiger partial charge in [0.1, 0.15) is 0 Å². The van der Waals surface area contributed by atoms with E-state index in [0.717, 1.165) is 28.8 Å². The zero-order chi connectivity index (χ0) is 20.8. The second kappa shape index (κ2) is 9.48. The first kappa shape index (κ1) is 20.0. The first-order chi connectivity index (χ1) is 14.7. The zero-order valence-electron chi connectivity index (χ0n) is 16.4. The third-order valence-electron chi connectivity index (χ3n) is 4.76. The van der Waals surface area contributed by atoms with Crippen LogP contribution in [0.25, 0.3) is 22.4 Å². The molecule has 2 heterocycles. The molecular formula is C24H22ClN5. The molecule has 6 heteroatoms. The van der Waals surface area contributed by atoms with Crippen molar-refractivity contribution in [1.82, 2.24) is 15.0 Å². The first-order valence-corrected chi connectivity index (χ1v) is 10.1. The van der Waals surface area contributed by atoms with Gasteiger partial charge in [-0.05, 0) is 41.8 Å². The predicted octanol–water partition coefficient (Wildman–Crippen LogP) is 4.84. The smallest absolute Gasteiger partial charge is 0.223 e. The molecule has 3 N–H and O–H groups in total. The molecule has 0 spiro atoms. The number of nitrogens with two attached hydrogens (primary N) is 1. The minimum atomic E-state index is -0.0451. The Morgan fingerprint density at radius 1 is 0.900 bits per heavy atom. The van der Waals surface area contributed by atoms with Crippen LogP contribution >= 0.6 is 11.6 Å². The van der Waals surface area contributed by atoms with Crippen LogP contribution in [-0.2, 0) is 6.42 Å². The minimum Gasteiger partial charge on any atom is -0.353 e. The van der Waals surface area contributed by atoms with Crippen LogP contribution in [0, 0.1) is 0 Å². The second-order valence-electron chi connectivity index (χ2n) is 7.03. The van der Waals surface area contributed by atoms with Crippen molar-refractivity contribution in [2.24, 2.45) is 5.73 Å². The van der Waals surface area contributed by atoms with Gasteiger partial charge >= 0.3 is 0 Å². The number of benzene rings is 2. The van der Waals surface area contributed by atoms with E-state index in [4.69, 9.17) is 22.3 Å². The zero-order valence-corrected chi connectivity index (χ0v) is 17.1. The molecule has 0 aliphatic rings. The Morgan fingerprint density at radius 2 is 1.63 bits per heavy atom. The second-order valence-corrected chi connectivity index (χ2v) is 7.47. The van der Waals surface area contributed by atoms with Crippen LogP contribution in [-0.4, -0.2) is 27.5 Å². The van der Waals surface area contributed by atoms with Gasteiger partial charge in [0.15, 0.2) is 0 Å². The van der Waals surface area contributed by atoms with Gasteiger partial charge < -0.3 is 11.1 Å². The standard InChI is InChI=1S/C24H22ClN5/c25-20-8-6-18(7-9-20)22-16-29-24(30-23(22)19-10-12-27-13-11-19)28-15-21(26)14-17-4-2-1-3-5-17/h1-13,16,21H,14-15,26H2,(H,28,29,30)/t21-/m0/s1. The average Bonchev–Trinajstić information content (AvgIpc) is 2.79. The van der Waals surface area contributed by atoms with Crippen LogP contribution in [0.3, 0.4) is 0 Å². The highest BCUT2D eigenvalue weighted by Crippen LogP contribution is 2.31. The lowest BCUT2D eigenvalue weighted by molar-refractivity contribution is 0.696. The Bertz CT molecular complexity index is 1090. The molecule has 0 aliphatic heterocycles. The molecule has 0 saturated heterocycles. The van der Waals surface area contributed by atoms with E-state index in [1.807, 2.05) is 60.8 Å². The van der Waals surface area contributed by atoms with Crippen molar-refractivity contribution in [2.45, 2.75) is 12.5 Å². The molecule has 1 atom stereocenters. The number of nitrogens with one attached hydrogen (secondary N) is 1. The van der Waals surface area contributed by atoms with Crippen molar-refractivity contribution in [1.29, 1.82) is 0 Å². The number of halogens is 1. The van der Waals surface area contributed by atoms with Crippen LogP contribution in [0.4, 0.5) is 5.95 Å². The number of nitrogens with zero attached hydrogens (tertiary/aromatic N) is 3. The topological polar surface area (TPSA) is 76.7 Å². The van der Waals surface area contributed by atoms with Crippen LogP contribution < -0.4 is 11.1 Å². The van der Waals surface area contributed by atoms with E-state index in [1.165, 1.54) is 5.56 Å². The molecule has 0 bridgehead atoms. The molecule has 5 nitrogen and oxygen atoms in total. The Hall–Kier alpha value is -3.28.